The topological polar surface area (TPSA) is 98.8 Å². The van der Waals surface area contributed by atoms with Gasteiger partial charge in [-0.2, -0.15) is 0 Å². The molecule has 5 rings (SSSR count). The van der Waals surface area contributed by atoms with Crippen molar-refractivity contribution in [2.24, 2.45) is 5.41 Å². The molecule has 1 aromatic carbocycles. The lowest BCUT2D eigenvalue weighted by atomic mass is 9.84. The van der Waals surface area contributed by atoms with Crippen molar-refractivity contribution in [3.05, 3.63) is 34.9 Å². The maximum absolute atomic E-state index is 13.4. The van der Waals surface area contributed by atoms with Gasteiger partial charge in [-0.05, 0) is 36.3 Å². The molecule has 1 saturated carbocycles. The van der Waals surface area contributed by atoms with E-state index in [1.165, 1.54) is 12.8 Å². The molecule has 164 valence electrons. The first-order valence-corrected chi connectivity index (χ1v) is 11.2. The average molecular weight is 425 g/mol. The molecule has 1 aromatic rings. The van der Waals surface area contributed by atoms with Crippen LogP contribution in [0.2, 0.25) is 0 Å². The molecule has 3 atom stereocenters. The van der Waals surface area contributed by atoms with Crippen LogP contribution in [-0.4, -0.2) is 65.1 Å². The molecule has 1 aliphatic carbocycles. The Morgan fingerprint density at radius 3 is 2.77 bits per heavy atom. The summed E-state index contributed by atoms with van der Waals surface area (Å²) in [6, 6.07) is 4.91. The summed E-state index contributed by atoms with van der Waals surface area (Å²) in [4.78, 5) is 53.8. The van der Waals surface area contributed by atoms with E-state index in [-0.39, 0.29) is 24.2 Å². The summed E-state index contributed by atoms with van der Waals surface area (Å²) in [7, 11) is 0. The van der Waals surface area contributed by atoms with Crippen LogP contribution in [0.5, 0.6) is 0 Å². The van der Waals surface area contributed by atoms with E-state index in [1.54, 1.807) is 6.07 Å². The van der Waals surface area contributed by atoms with Gasteiger partial charge in [-0.25, -0.2) is 0 Å². The number of imide groups is 2. The highest BCUT2D eigenvalue weighted by molar-refractivity contribution is 6.24. The monoisotopic (exact) mass is 424 g/mol. The fourth-order valence-corrected chi connectivity index (χ4v) is 5.92. The van der Waals surface area contributed by atoms with E-state index in [9.17, 15) is 19.2 Å². The Hall–Kier alpha value is -2.58. The van der Waals surface area contributed by atoms with Crippen molar-refractivity contribution >= 4 is 23.6 Å². The Balaban J connectivity index is 1.44. The van der Waals surface area contributed by atoms with Gasteiger partial charge in [-0.15, -0.1) is 0 Å². The number of piperidine rings is 1. The second kappa shape index (κ2) is 7.53. The molecule has 31 heavy (non-hydrogen) atoms. The van der Waals surface area contributed by atoms with Crippen LogP contribution in [0.3, 0.4) is 0 Å². The number of nitrogens with zero attached hydrogens (tertiary/aromatic N) is 2. The molecule has 1 unspecified atom stereocenters. The molecular formula is C23H28N4O4. The summed E-state index contributed by atoms with van der Waals surface area (Å²) in [6.07, 6.45) is 3.83. The van der Waals surface area contributed by atoms with Gasteiger partial charge in [0.1, 0.15) is 6.04 Å². The number of fused-ring (bicyclic) bond motifs is 2. The van der Waals surface area contributed by atoms with Gasteiger partial charge in [-0.3, -0.25) is 34.3 Å². The van der Waals surface area contributed by atoms with Crippen molar-refractivity contribution in [1.29, 1.82) is 0 Å². The van der Waals surface area contributed by atoms with E-state index in [0.29, 0.717) is 23.7 Å². The van der Waals surface area contributed by atoms with E-state index < -0.39 is 23.8 Å². The number of hydrogen-bond donors (Lipinski definition) is 2. The van der Waals surface area contributed by atoms with Gasteiger partial charge >= 0.3 is 0 Å². The van der Waals surface area contributed by atoms with Gasteiger partial charge in [-0.1, -0.05) is 25.5 Å². The minimum absolute atomic E-state index is 0.123. The minimum atomic E-state index is -0.932. The van der Waals surface area contributed by atoms with Crippen molar-refractivity contribution in [1.82, 2.24) is 20.4 Å². The van der Waals surface area contributed by atoms with Gasteiger partial charge < -0.3 is 5.32 Å². The lowest BCUT2D eigenvalue weighted by Crippen LogP contribution is -2.54. The fraction of sp³-hybridized carbons (Fsp3) is 0.565. The maximum Gasteiger partial charge on any atom is 0.262 e. The van der Waals surface area contributed by atoms with Gasteiger partial charge in [0.25, 0.3) is 11.8 Å². The smallest absolute Gasteiger partial charge is 0.262 e. The van der Waals surface area contributed by atoms with Crippen LogP contribution in [0, 0.1) is 5.41 Å². The van der Waals surface area contributed by atoms with Gasteiger partial charge in [0.2, 0.25) is 11.8 Å². The number of amides is 4. The second-order valence-corrected chi connectivity index (χ2v) is 9.50. The number of hydrogen-bond acceptors (Lipinski definition) is 6. The van der Waals surface area contributed by atoms with Gasteiger partial charge in [0, 0.05) is 38.6 Å². The lowest BCUT2D eigenvalue weighted by molar-refractivity contribution is -0.136. The van der Waals surface area contributed by atoms with E-state index in [4.69, 9.17) is 0 Å². The first-order valence-electron chi connectivity index (χ1n) is 11.2. The van der Waals surface area contributed by atoms with Crippen molar-refractivity contribution in [2.75, 3.05) is 19.6 Å². The minimum Gasteiger partial charge on any atom is -0.315 e. The third-order valence-electron chi connectivity index (χ3n) is 7.50. The fourth-order valence-electron chi connectivity index (χ4n) is 5.92. The molecule has 2 saturated heterocycles. The SMILES string of the molecule is C[C@@]12CCC[C@H]1N(Cc1cccc3c1C(=O)N(C1CCC(=O)NC1=O)C3=O)CCNC2. The van der Waals surface area contributed by atoms with Crippen molar-refractivity contribution in [3.63, 3.8) is 0 Å². The van der Waals surface area contributed by atoms with Gasteiger partial charge in [0.15, 0.2) is 0 Å². The first-order chi connectivity index (χ1) is 14.9. The van der Waals surface area contributed by atoms with Crippen molar-refractivity contribution in [2.45, 2.75) is 57.7 Å². The molecule has 0 aromatic heterocycles. The van der Waals surface area contributed by atoms with E-state index >= 15 is 0 Å². The summed E-state index contributed by atoms with van der Waals surface area (Å²) >= 11 is 0. The molecule has 3 heterocycles. The number of carbonyl (C=O) groups is 4. The summed E-state index contributed by atoms with van der Waals surface area (Å²) in [5.74, 6) is -1.81. The maximum atomic E-state index is 13.4. The Labute approximate surface area is 181 Å². The first kappa shape index (κ1) is 20.3. The molecule has 0 spiro atoms. The average Bonchev–Trinajstić information content (AvgIpc) is 3.18. The molecule has 4 amide bonds. The summed E-state index contributed by atoms with van der Waals surface area (Å²) < 4.78 is 0. The van der Waals surface area contributed by atoms with Crippen LogP contribution in [0.25, 0.3) is 0 Å². The van der Waals surface area contributed by atoms with Crippen LogP contribution in [0.4, 0.5) is 0 Å². The Morgan fingerprint density at radius 2 is 1.97 bits per heavy atom. The molecule has 3 aliphatic heterocycles. The predicted molar refractivity (Wildman–Crippen MR) is 112 cm³/mol. The number of rotatable bonds is 3. The Bertz CT molecular complexity index is 976. The number of nitrogens with one attached hydrogen (secondary N) is 2. The van der Waals surface area contributed by atoms with E-state index in [2.05, 4.69) is 22.5 Å². The second-order valence-electron chi connectivity index (χ2n) is 9.50. The zero-order valence-electron chi connectivity index (χ0n) is 17.8. The molecule has 2 N–H and O–H groups in total. The summed E-state index contributed by atoms with van der Waals surface area (Å²) in [6.45, 7) is 5.74. The van der Waals surface area contributed by atoms with Crippen molar-refractivity contribution < 1.29 is 19.2 Å². The third kappa shape index (κ3) is 3.29. The summed E-state index contributed by atoms with van der Waals surface area (Å²) in [5, 5.41) is 5.81. The normalized spacial score (nSPS) is 31.5. The molecule has 3 fully saturated rings. The molecule has 8 heteroatoms. The predicted octanol–water partition coefficient (Wildman–Crippen LogP) is 1.05. The standard InChI is InChI=1S/C23H28N4O4/c1-23-9-3-6-17(23)26(11-10-24-13-23)12-14-4-2-5-15-19(14)22(31)27(21(15)30)16-7-8-18(28)25-20(16)29/h2,4-5,16-17,24H,3,6-13H2,1H3,(H,25,28,29)/t16?,17-,23+/m1/s1. The third-order valence-corrected chi connectivity index (χ3v) is 7.50. The largest absolute Gasteiger partial charge is 0.315 e. The number of carbonyl (C=O) groups excluding carboxylic acids is 4. The van der Waals surface area contributed by atoms with E-state index in [1.807, 2.05) is 12.1 Å². The van der Waals surface area contributed by atoms with Gasteiger partial charge in [0.05, 0.1) is 11.1 Å². The summed E-state index contributed by atoms with van der Waals surface area (Å²) in [5.41, 5.74) is 1.82. The van der Waals surface area contributed by atoms with Crippen molar-refractivity contribution in [3.8, 4) is 0 Å². The molecular weight excluding hydrogens is 396 g/mol. The quantitative estimate of drug-likeness (QED) is 0.704. The zero-order valence-corrected chi connectivity index (χ0v) is 17.8. The van der Waals surface area contributed by atoms with Crippen LogP contribution in [-0.2, 0) is 16.1 Å². The van der Waals surface area contributed by atoms with Crippen LogP contribution in [0.1, 0.15) is 65.3 Å². The molecule has 8 nitrogen and oxygen atoms in total. The Morgan fingerprint density at radius 1 is 1.13 bits per heavy atom. The van der Waals surface area contributed by atoms with Crippen LogP contribution < -0.4 is 10.6 Å². The Kier molecular flexibility index (Phi) is 4.94. The number of benzene rings is 1. The molecule has 4 aliphatic rings. The van der Waals surface area contributed by atoms with E-state index in [0.717, 1.165) is 36.5 Å². The highest BCUT2D eigenvalue weighted by atomic mass is 16.2. The molecule has 0 bridgehead atoms. The zero-order chi connectivity index (χ0) is 21.8. The van der Waals surface area contributed by atoms with Crippen LogP contribution >= 0.6 is 0 Å². The lowest BCUT2D eigenvalue weighted by Gasteiger charge is -2.37. The highest BCUT2D eigenvalue weighted by Crippen LogP contribution is 2.42. The van der Waals surface area contributed by atoms with Crippen LogP contribution in [0.15, 0.2) is 18.2 Å². The highest BCUT2D eigenvalue weighted by Gasteiger charge is 2.47. The molecule has 0 radical (unpaired) electrons.